The van der Waals surface area contributed by atoms with Crippen LogP contribution in [0.1, 0.15) is 31.3 Å². The fourth-order valence-electron chi connectivity index (χ4n) is 3.42. The van der Waals surface area contributed by atoms with E-state index in [1.807, 2.05) is 18.2 Å². The lowest BCUT2D eigenvalue weighted by atomic mass is 10.1. The summed E-state index contributed by atoms with van der Waals surface area (Å²) < 4.78 is 16.0. The molecule has 2 aromatic carbocycles. The standard InChI is InChI=1S/C22H27N3O4/c1-6-25(14(2)15-8-7-9-16(10-15)27-3)13-21-23-18-12-20(29-5)19(28-4)11-17(18)22(26)24-21/h7-12,14H,6,13H2,1-5H3,(H,23,24,26)/t14-/m1/s1. The predicted molar refractivity (Wildman–Crippen MR) is 113 cm³/mol. The molecule has 1 N–H and O–H groups in total. The van der Waals surface area contributed by atoms with Crippen molar-refractivity contribution in [3.63, 3.8) is 0 Å². The first-order chi connectivity index (χ1) is 14.0. The van der Waals surface area contributed by atoms with Crippen molar-refractivity contribution in [1.82, 2.24) is 14.9 Å². The summed E-state index contributed by atoms with van der Waals surface area (Å²) in [5.41, 5.74) is 1.52. The number of nitrogens with one attached hydrogen (secondary N) is 1. The molecule has 3 aromatic rings. The number of ether oxygens (including phenoxy) is 3. The Balaban J connectivity index is 1.93. The monoisotopic (exact) mass is 397 g/mol. The van der Waals surface area contributed by atoms with E-state index in [0.717, 1.165) is 17.9 Å². The summed E-state index contributed by atoms with van der Waals surface area (Å²) >= 11 is 0. The molecule has 1 heterocycles. The summed E-state index contributed by atoms with van der Waals surface area (Å²) in [4.78, 5) is 22.4. The molecular formula is C22H27N3O4. The number of hydrogen-bond acceptors (Lipinski definition) is 6. The Kier molecular flexibility index (Phi) is 6.39. The van der Waals surface area contributed by atoms with Gasteiger partial charge in [0.1, 0.15) is 11.6 Å². The Morgan fingerprint density at radius 3 is 2.45 bits per heavy atom. The predicted octanol–water partition coefficient (Wildman–Crippen LogP) is 3.53. The van der Waals surface area contributed by atoms with Crippen LogP contribution in [0.4, 0.5) is 0 Å². The van der Waals surface area contributed by atoms with Crippen LogP contribution in [0.25, 0.3) is 10.9 Å². The van der Waals surface area contributed by atoms with Crippen molar-refractivity contribution in [2.24, 2.45) is 0 Å². The molecule has 3 rings (SSSR count). The summed E-state index contributed by atoms with van der Waals surface area (Å²) in [5, 5.41) is 0.468. The van der Waals surface area contributed by atoms with Crippen LogP contribution in [0.15, 0.2) is 41.2 Å². The van der Waals surface area contributed by atoms with E-state index in [4.69, 9.17) is 14.2 Å². The molecule has 1 aromatic heterocycles. The summed E-state index contributed by atoms with van der Waals surface area (Å²) in [6.07, 6.45) is 0. The van der Waals surface area contributed by atoms with Crippen molar-refractivity contribution in [3.05, 3.63) is 58.1 Å². The van der Waals surface area contributed by atoms with Crippen LogP contribution in [-0.2, 0) is 6.54 Å². The lowest BCUT2D eigenvalue weighted by Gasteiger charge is -2.28. The number of aromatic nitrogens is 2. The van der Waals surface area contributed by atoms with Gasteiger partial charge in [-0.3, -0.25) is 9.69 Å². The average Bonchev–Trinajstić information content (AvgIpc) is 2.76. The number of nitrogens with zero attached hydrogens (tertiary/aromatic N) is 2. The van der Waals surface area contributed by atoms with Gasteiger partial charge >= 0.3 is 0 Å². The Morgan fingerprint density at radius 2 is 1.79 bits per heavy atom. The molecule has 0 radical (unpaired) electrons. The molecule has 7 nitrogen and oxygen atoms in total. The maximum atomic E-state index is 12.6. The first-order valence-electron chi connectivity index (χ1n) is 9.53. The molecule has 0 aliphatic rings. The normalized spacial score (nSPS) is 12.2. The second-order valence-corrected chi connectivity index (χ2v) is 6.75. The van der Waals surface area contributed by atoms with Gasteiger partial charge in [0.15, 0.2) is 11.5 Å². The Labute approximate surface area is 170 Å². The molecule has 0 spiro atoms. The fourth-order valence-corrected chi connectivity index (χ4v) is 3.42. The first-order valence-corrected chi connectivity index (χ1v) is 9.53. The molecule has 0 amide bonds. The van der Waals surface area contributed by atoms with E-state index in [1.165, 1.54) is 0 Å². The van der Waals surface area contributed by atoms with E-state index < -0.39 is 0 Å². The second kappa shape index (κ2) is 8.96. The highest BCUT2D eigenvalue weighted by Gasteiger charge is 2.18. The molecule has 0 saturated carbocycles. The Hall–Kier alpha value is -3.06. The molecule has 29 heavy (non-hydrogen) atoms. The molecule has 1 atom stereocenters. The molecule has 0 saturated heterocycles. The Bertz CT molecular complexity index is 1050. The van der Waals surface area contributed by atoms with E-state index in [1.54, 1.807) is 33.5 Å². The molecule has 154 valence electrons. The van der Waals surface area contributed by atoms with Gasteiger partial charge in [-0.2, -0.15) is 0 Å². The minimum absolute atomic E-state index is 0.126. The third kappa shape index (κ3) is 4.35. The highest BCUT2D eigenvalue weighted by Crippen LogP contribution is 2.30. The third-order valence-corrected chi connectivity index (χ3v) is 5.14. The highest BCUT2D eigenvalue weighted by molar-refractivity contribution is 5.81. The van der Waals surface area contributed by atoms with Crippen LogP contribution in [0.3, 0.4) is 0 Å². The van der Waals surface area contributed by atoms with Crippen LogP contribution in [0, 0.1) is 0 Å². The first kappa shape index (κ1) is 20.7. The number of methoxy groups -OCH3 is 3. The number of fused-ring (bicyclic) bond motifs is 1. The molecule has 0 fully saturated rings. The van der Waals surface area contributed by atoms with Crippen molar-refractivity contribution in [2.45, 2.75) is 26.4 Å². The molecule has 0 aliphatic heterocycles. The fraction of sp³-hybridized carbons (Fsp3) is 0.364. The van der Waals surface area contributed by atoms with Gasteiger partial charge in [-0.25, -0.2) is 4.98 Å². The van der Waals surface area contributed by atoms with Gasteiger partial charge in [0.25, 0.3) is 5.56 Å². The highest BCUT2D eigenvalue weighted by atomic mass is 16.5. The molecule has 0 unspecified atom stereocenters. The number of H-pyrrole nitrogens is 1. The Morgan fingerprint density at radius 1 is 1.07 bits per heavy atom. The molecule has 0 bridgehead atoms. The maximum Gasteiger partial charge on any atom is 0.258 e. The quantitative estimate of drug-likeness (QED) is 0.627. The van der Waals surface area contributed by atoms with E-state index in [2.05, 4.69) is 34.8 Å². The smallest absolute Gasteiger partial charge is 0.258 e. The average molecular weight is 397 g/mol. The zero-order valence-electron chi connectivity index (χ0n) is 17.5. The SMILES string of the molecule is CCN(Cc1nc2cc(OC)c(OC)cc2c(=O)[nH]1)[C@H](C)c1cccc(OC)c1. The molecule has 7 heteroatoms. The van der Waals surface area contributed by atoms with Crippen molar-refractivity contribution < 1.29 is 14.2 Å². The largest absolute Gasteiger partial charge is 0.497 e. The van der Waals surface area contributed by atoms with Crippen LogP contribution in [0.5, 0.6) is 17.2 Å². The van der Waals surface area contributed by atoms with E-state index in [0.29, 0.717) is 34.8 Å². The van der Waals surface area contributed by atoms with Crippen molar-refractivity contribution in [1.29, 1.82) is 0 Å². The van der Waals surface area contributed by atoms with E-state index in [-0.39, 0.29) is 11.6 Å². The van der Waals surface area contributed by atoms with Crippen LogP contribution >= 0.6 is 0 Å². The zero-order chi connectivity index (χ0) is 21.0. The van der Waals surface area contributed by atoms with Crippen molar-refractivity contribution in [3.8, 4) is 17.2 Å². The summed E-state index contributed by atoms with van der Waals surface area (Å²) in [6, 6.07) is 11.5. The summed E-state index contributed by atoms with van der Waals surface area (Å²) in [6.45, 7) is 5.52. The van der Waals surface area contributed by atoms with E-state index >= 15 is 0 Å². The number of aromatic amines is 1. The van der Waals surface area contributed by atoms with Gasteiger partial charge in [-0.1, -0.05) is 19.1 Å². The van der Waals surface area contributed by atoms with E-state index in [9.17, 15) is 4.79 Å². The van der Waals surface area contributed by atoms with Gasteiger partial charge in [0.05, 0.1) is 38.8 Å². The van der Waals surface area contributed by atoms with Gasteiger partial charge in [0, 0.05) is 12.1 Å². The number of hydrogen-bond donors (Lipinski definition) is 1. The van der Waals surface area contributed by atoms with Crippen molar-refractivity contribution in [2.75, 3.05) is 27.9 Å². The minimum Gasteiger partial charge on any atom is -0.497 e. The lowest BCUT2D eigenvalue weighted by Crippen LogP contribution is -2.28. The maximum absolute atomic E-state index is 12.6. The number of rotatable bonds is 8. The zero-order valence-corrected chi connectivity index (χ0v) is 17.5. The van der Waals surface area contributed by atoms with Gasteiger partial charge in [-0.05, 0) is 37.2 Å². The third-order valence-electron chi connectivity index (χ3n) is 5.14. The van der Waals surface area contributed by atoms with Crippen LogP contribution in [0.2, 0.25) is 0 Å². The van der Waals surface area contributed by atoms with Crippen LogP contribution < -0.4 is 19.8 Å². The summed E-state index contributed by atoms with van der Waals surface area (Å²) in [7, 11) is 4.76. The second-order valence-electron chi connectivity index (χ2n) is 6.75. The van der Waals surface area contributed by atoms with Crippen LogP contribution in [-0.4, -0.2) is 42.7 Å². The minimum atomic E-state index is -0.198. The van der Waals surface area contributed by atoms with Gasteiger partial charge < -0.3 is 19.2 Å². The van der Waals surface area contributed by atoms with Gasteiger partial charge in [0.2, 0.25) is 0 Å². The van der Waals surface area contributed by atoms with Crippen molar-refractivity contribution >= 4 is 10.9 Å². The lowest BCUT2D eigenvalue weighted by molar-refractivity contribution is 0.207. The topological polar surface area (TPSA) is 76.7 Å². The molecule has 0 aliphatic carbocycles. The molecular weight excluding hydrogens is 370 g/mol. The summed E-state index contributed by atoms with van der Waals surface area (Å²) in [5.74, 6) is 2.47. The number of benzene rings is 2. The van der Waals surface area contributed by atoms with Gasteiger partial charge in [-0.15, -0.1) is 0 Å².